The van der Waals surface area contributed by atoms with Gasteiger partial charge in [-0.1, -0.05) is 12.8 Å². The van der Waals surface area contributed by atoms with Gasteiger partial charge in [-0.25, -0.2) is 4.68 Å². The van der Waals surface area contributed by atoms with Gasteiger partial charge in [-0.15, -0.1) is 0 Å². The van der Waals surface area contributed by atoms with Crippen LogP contribution in [0.25, 0.3) is 0 Å². The maximum atomic E-state index is 13.4. The molecule has 9 heteroatoms. The van der Waals surface area contributed by atoms with Crippen molar-refractivity contribution in [1.82, 2.24) is 19.7 Å². The molecule has 0 unspecified atom stereocenters. The minimum absolute atomic E-state index is 0.0406. The monoisotopic (exact) mass is 371 g/mol. The summed E-state index contributed by atoms with van der Waals surface area (Å²) in [6, 6.07) is -1.92. The first kappa shape index (κ1) is 17.6. The highest BCUT2D eigenvalue weighted by atomic mass is 19.4. The SMILES string of the molecule is O=C(C1CCCC1)N1CCC([C@@H]2C[C@H](C(F)(F)F)n3ncnc3N2)CC1. The number of halogens is 3. The average molecular weight is 371 g/mol. The summed E-state index contributed by atoms with van der Waals surface area (Å²) in [4.78, 5) is 18.4. The Morgan fingerprint density at radius 2 is 1.85 bits per heavy atom. The van der Waals surface area contributed by atoms with Gasteiger partial charge in [0.2, 0.25) is 11.9 Å². The van der Waals surface area contributed by atoms with Crippen LogP contribution in [0.3, 0.4) is 0 Å². The third-order valence-corrected chi connectivity index (χ3v) is 6.16. The molecule has 3 heterocycles. The van der Waals surface area contributed by atoms with Gasteiger partial charge in [0.25, 0.3) is 0 Å². The van der Waals surface area contributed by atoms with Crippen molar-refractivity contribution in [2.75, 3.05) is 18.4 Å². The highest BCUT2D eigenvalue weighted by Crippen LogP contribution is 2.41. The van der Waals surface area contributed by atoms with Crippen LogP contribution in [-0.4, -0.2) is 50.9 Å². The van der Waals surface area contributed by atoms with Crippen LogP contribution in [0, 0.1) is 11.8 Å². The first-order valence-corrected chi connectivity index (χ1v) is 9.45. The average Bonchev–Trinajstić information content (AvgIpc) is 3.31. The smallest absolute Gasteiger partial charge is 0.351 e. The van der Waals surface area contributed by atoms with E-state index in [1.54, 1.807) is 0 Å². The number of anilines is 1. The second-order valence-corrected chi connectivity index (χ2v) is 7.72. The predicted molar refractivity (Wildman–Crippen MR) is 88.4 cm³/mol. The minimum Gasteiger partial charge on any atom is -0.351 e. The van der Waals surface area contributed by atoms with Crippen LogP contribution in [0.2, 0.25) is 0 Å². The lowest BCUT2D eigenvalue weighted by atomic mass is 9.84. The second kappa shape index (κ2) is 6.74. The molecule has 2 atom stereocenters. The number of amides is 1. The Labute approximate surface area is 150 Å². The topological polar surface area (TPSA) is 63.1 Å². The Morgan fingerprint density at radius 1 is 1.15 bits per heavy atom. The summed E-state index contributed by atoms with van der Waals surface area (Å²) < 4.78 is 41.2. The summed E-state index contributed by atoms with van der Waals surface area (Å²) in [5.74, 6) is 0.698. The largest absolute Gasteiger partial charge is 0.411 e. The van der Waals surface area contributed by atoms with E-state index in [4.69, 9.17) is 0 Å². The number of carbonyl (C=O) groups excluding carboxylic acids is 1. The molecular formula is C17H24F3N5O. The lowest BCUT2D eigenvalue weighted by Gasteiger charge is -2.40. The zero-order valence-corrected chi connectivity index (χ0v) is 14.6. The summed E-state index contributed by atoms with van der Waals surface area (Å²) in [7, 11) is 0. The number of rotatable bonds is 2. The molecule has 1 aromatic heterocycles. The van der Waals surface area contributed by atoms with Crippen molar-refractivity contribution in [3.8, 4) is 0 Å². The summed E-state index contributed by atoms with van der Waals surface area (Å²) in [5, 5.41) is 6.87. The number of piperidine rings is 1. The lowest BCUT2D eigenvalue weighted by molar-refractivity contribution is -0.174. The van der Waals surface area contributed by atoms with Gasteiger partial charge in [0.1, 0.15) is 6.33 Å². The molecule has 0 aromatic carbocycles. The van der Waals surface area contributed by atoms with Crippen molar-refractivity contribution in [3.63, 3.8) is 0 Å². The second-order valence-electron chi connectivity index (χ2n) is 7.72. The molecular weight excluding hydrogens is 347 g/mol. The molecule has 0 radical (unpaired) electrons. The molecule has 0 bridgehead atoms. The van der Waals surface area contributed by atoms with Crippen molar-refractivity contribution in [2.45, 2.75) is 63.2 Å². The van der Waals surface area contributed by atoms with Gasteiger partial charge in [0, 0.05) is 25.0 Å². The Bertz CT molecular complexity index is 647. The highest BCUT2D eigenvalue weighted by Gasteiger charge is 2.48. The fourth-order valence-corrected chi connectivity index (χ4v) is 4.68. The Hall–Kier alpha value is -1.80. The van der Waals surface area contributed by atoms with Gasteiger partial charge in [-0.05, 0) is 38.0 Å². The molecule has 2 fully saturated rings. The number of aromatic nitrogens is 3. The maximum Gasteiger partial charge on any atom is 0.411 e. The van der Waals surface area contributed by atoms with Crippen LogP contribution in [0.4, 0.5) is 19.1 Å². The fraction of sp³-hybridized carbons (Fsp3) is 0.824. The molecule has 1 saturated heterocycles. The lowest BCUT2D eigenvalue weighted by Crippen LogP contribution is -2.48. The first-order valence-electron chi connectivity index (χ1n) is 9.45. The van der Waals surface area contributed by atoms with Crippen molar-refractivity contribution in [3.05, 3.63) is 6.33 Å². The van der Waals surface area contributed by atoms with Crippen molar-refractivity contribution < 1.29 is 18.0 Å². The van der Waals surface area contributed by atoms with Crippen LogP contribution < -0.4 is 5.32 Å². The molecule has 6 nitrogen and oxygen atoms in total. The fourth-order valence-electron chi connectivity index (χ4n) is 4.68. The number of nitrogens with one attached hydrogen (secondary N) is 1. The standard InChI is InChI=1S/C17H24F3N5O/c18-17(19,20)14-9-13(23-16-21-10-22-25(14)16)11-5-7-24(8-6-11)15(26)12-3-1-2-4-12/h10-14H,1-9H2,(H,21,22,23)/t13-,14+/m0/s1. The van der Waals surface area contributed by atoms with Gasteiger partial charge in [-0.2, -0.15) is 23.3 Å². The molecule has 1 saturated carbocycles. The molecule has 2 aliphatic heterocycles. The molecule has 1 aromatic rings. The molecule has 144 valence electrons. The van der Waals surface area contributed by atoms with E-state index in [1.807, 2.05) is 4.90 Å². The van der Waals surface area contributed by atoms with Crippen LogP contribution in [0.1, 0.15) is 51.0 Å². The number of fused-ring (bicyclic) bond motifs is 1. The highest BCUT2D eigenvalue weighted by molar-refractivity contribution is 5.79. The molecule has 3 aliphatic rings. The molecule has 4 rings (SSSR count). The van der Waals surface area contributed by atoms with E-state index < -0.39 is 12.2 Å². The third kappa shape index (κ3) is 3.27. The van der Waals surface area contributed by atoms with E-state index in [-0.39, 0.29) is 36.2 Å². The zero-order chi connectivity index (χ0) is 18.3. The van der Waals surface area contributed by atoms with E-state index in [9.17, 15) is 18.0 Å². The van der Waals surface area contributed by atoms with E-state index in [2.05, 4.69) is 15.4 Å². The van der Waals surface area contributed by atoms with Crippen molar-refractivity contribution in [2.24, 2.45) is 11.8 Å². The minimum atomic E-state index is -4.35. The molecule has 1 amide bonds. The maximum absolute atomic E-state index is 13.4. The summed E-state index contributed by atoms with van der Waals surface area (Å²) >= 11 is 0. The van der Waals surface area contributed by atoms with Gasteiger partial charge in [0.15, 0.2) is 6.04 Å². The molecule has 1 aliphatic carbocycles. The van der Waals surface area contributed by atoms with Crippen LogP contribution >= 0.6 is 0 Å². The first-order chi connectivity index (χ1) is 12.4. The van der Waals surface area contributed by atoms with Crippen LogP contribution in [0.5, 0.6) is 0 Å². The number of carbonyl (C=O) groups is 1. The van der Waals surface area contributed by atoms with E-state index in [0.29, 0.717) is 13.1 Å². The number of hydrogen-bond acceptors (Lipinski definition) is 4. The van der Waals surface area contributed by atoms with Crippen molar-refractivity contribution >= 4 is 11.9 Å². The number of hydrogen-bond donors (Lipinski definition) is 1. The molecule has 0 spiro atoms. The van der Waals surface area contributed by atoms with E-state index in [0.717, 1.165) is 49.5 Å². The predicted octanol–water partition coefficient (Wildman–Crippen LogP) is 2.99. The van der Waals surface area contributed by atoms with Gasteiger partial charge < -0.3 is 10.2 Å². The van der Waals surface area contributed by atoms with Crippen molar-refractivity contribution in [1.29, 1.82) is 0 Å². The summed E-state index contributed by atoms with van der Waals surface area (Å²) in [5.41, 5.74) is 0. The quantitative estimate of drug-likeness (QED) is 0.868. The van der Waals surface area contributed by atoms with Crippen LogP contribution in [-0.2, 0) is 4.79 Å². The Kier molecular flexibility index (Phi) is 4.56. The van der Waals surface area contributed by atoms with Gasteiger partial charge in [0.05, 0.1) is 0 Å². The van der Waals surface area contributed by atoms with Gasteiger partial charge >= 0.3 is 6.18 Å². The Morgan fingerprint density at radius 3 is 2.50 bits per heavy atom. The summed E-state index contributed by atoms with van der Waals surface area (Å²) in [6.07, 6.45) is 2.44. The van der Waals surface area contributed by atoms with Crippen LogP contribution in [0.15, 0.2) is 6.33 Å². The summed E-state index contributed by atoms with van der Waals surface area (Å²) in [6.45, 7) is 1.28. The number of alkyl halides is 3. The third-order valence-electron chi connectivity index (χ3n) is 6.16. The zero-order valence-electron chi connectivity index (χ0n) is 14.6. The van der Waals surface area contributed by atoms with E-state index in [1.165, 1.54) is 0 Å². The van der Waals surface area contributed by atoms with Gasteiger partial charge in [-0.3, -0.25) is 4.79 Å². The molecule has 26 heavy (non-hydrogen) atoms. The number of nitrogens with zero attached hydrogens (tertiary/aromatic N) is 4. The Balaban J connectivity index is 1.39. The van der Waals surface area contributed by atoms with E-state index >= 15 is 0 Å². The normalized spacial score (nSPS) is 28.0. The molecule has 1 N–H and O–H groups in total. The number of likely N-dealkylation sites (tertiary alicyclic amines) is 1.